The highest BCUT2D eigenvalue weighted by atomic mass is 32.2. The van der Waals surface area contributed by atoms with Gasteiger partial charge in [-0.3, -0.25) is 4.68 Å². The third kappa shape index (κ3) is 3.26. The lowest BCUT2D eigenvalue weighted by Gasteiger charge is -2.28. The van der Waals surface area contributed by atoms with Crippen LogP contribution in [0.25, 0.3) is 0 Å². The summed E-state index contributed by atoms with van der Waals surface area (Å²) in [6.45, 7) is 3.10. The topological polar surface area (TPSA) is 29.9 Å². The van der Waals surface area contributed by atoms with E-state index in [4.69, 9.17) is 0 Å². The van der Waals surface area contributed by atoms with Gasteiger partial charge in [0.2, 0.25) is 0 Å². The smallest absolute Gasteiger partial charge is 0.0537 e. The molecular weight excluding hydrogens is 230 g/mol. The number of nitrogens with one attached hydrogen (secondary N) is 1. The van der Waals surface area contributed by atoms with Crippen LogP contribution in [-0.4, -0.2) is 27.3 Å². The third-order valence-electron chi connectivity index (χ3n) is 3.88. The van der Waals surface area contributed by atoms with Gasteiger partial charge in [-0.25, -0.2) is 0 Å². The van der Waals surface area contributed by atoms with Gasteiger partial charge in [-0.15, -0.1) is 0 Å². The van der Waals surface area contributed by atoms with Gasteiger partial charge in [-0.1, -0.05) is 6.42 Å². The summed E-state index contributed by atoms with van der Waals surface area (Å²) in [5.41, 5.74) is 2.61. The van der Waals surface area contributed by atoms with Crippen molar-refractivity contribution in [1.29, 1.82) is 0 Å². The predicted molar refractivity (Wildman–Crippen MR) is 74.3 cm³/mol. The molecule has 0 aliphatic heterocycles. The van der Waals surface area contributed by atoms with Crippen molar-refractivity contribution in [1.82, 2.24) is 15.1 Å². The number of thioether (sulfide) groups is 1. The summed E-state index contributed by atoms with van der Waals surface area (Å²) in [4.78, 5) is 0. The van der Waals surface area contributed by atoms with E-state index in [0.29, 0.717) is 6.04 Å². The molecule has 1 fully saturated rings. The molecule has 1 aliphatic rings. The van der Waals surface area contributed by atoms with Gasteiger partial charge in [-0.05, 0) is 32.4 Å². The molecule has 1 aromatic heterocycles. The SMILES string of the molecule is CSC1CCCC(NCc2cnn(C)c2C)C1. The first-order chi connectivity index (χ1) is 8.20. The fraction of sp³-hybridized carbons (Fsp3) is 0.769. The lowest BCUT2D eigenvalue weighted by atomic mass is 9.95. The quantitative estimate of drug-likeness (QED) is 0.894. The highest BCUT2D eigenvalue weighted by Crippen LogP contribution is 2.27. The van der Waals surface area contributed by atoms with Gasteiger partial charge in [0, 0.05) is 36.1 Å². The van der Waals surface area contributed by atoms with E-state index in [2.05, 4.69) is 23.6 Å². The Bertz CT molecular complexity index is 362. The zero-order valence-corrected chi connectivity index (χ0v) is 11.9. The minimum atomic E-state index is 0.695. The Morgan fingerprint density at radius 2 is 2.35 bits per heavy atom. The van der Waals surface area contributed by atoms with Crippen molar-refractivity contribution in [2.75, 3.05) is 6.26 Å². The van der Waals surface area contributed by atoms with Gasteiger partial charge in [0.15, 0.2) is 0 Å². The second kappa shape index (κ2) is 5.91. The predicted octanol–water partition coefficient (Wildman–Crippen LogP) is 2.49. The standard InChI is InChI=1S/C13H23N3S/c1-10-11(9-15-16(10)2)8-14-12-5-4-6-13(7-12)17-3/h9,12-14H,4-8H2,1-3H3. The Morgan fingerprint density at radius 1 is 1.53 bits per heavy atom. The Labute approximate surface area is 108 Å². The molecule has 1 heterocycles. The molecule has 0 saturated heterocycles. The zero-order valence-electron chi connectivity index (χ0n) is 11.1. The molecule has 1 saturated carbocycles. The maximum Gasteiger partial charge on any atom is 0.0537 e. The Balaban J connectivity index is 1.83. The second-order valence-electron chi connectivity index (χ2n) is 4.98. The van der Waals surface area contributed by atoms with Crippen LogP contribution in [0.2, 0.25) is 0 Å². The van der Waals surface area contributed by atoms with Crippen LogP contribution in [0.4, 0.5) is 0 Å². The Hall–Kier alpha value is -0.480. The molecule has 0 amide bonds. The summed E-state index contributed by atoms with van der Waals surface area (Å²) in [6.07, 6.45) is 9.63. The number of hydrogen-bond acceptors (Lipinski definition) is 3. The summed E-state index contributed by atoms with van der Waals surface area (Å²) in [5.74, 6) is 0. The summed E-state index contributed by atoms with van der Waals surface area (Å²) in [6, 6.07) is 0.695. The van der Waals surface area contributed by atoms with Crippen LogP contribution in [0.15, 0.2) is 6.20 Å². The lowest BCUT2D eigenvalue weighted by molar-refractivity contribution is 0.379. The van der Waals surface area contributed by atoms with Crippen LogP contribution in [0, 0.1) is 6.92 Å². The van der Waals surface area contributed by atoms with Crippen molar-refractivity contribution in [2.24, 2.45) is 7.05 Å². The highest BCUT2D eigenvalue weighted by molar-refractivity contribution is 7.99. The molecule has 3 nitrogen and oxygen atoms in total. The van der Waals surface area contributed by atoms with Crippen LogP contribution >= 0.6 is 11.8 Å². The average molecular weight is 253 g/mol. The van der Waals surface area contributed by atoms with Gasteiger partial charge < -0.3 is 5.32 Å². The largest absolute Gasteiger partial charge is 0.310 e. The van der Waals surface area contributed by atoms with E-state index in [-0.39, 0.29) is 0 Å². The normalized spacial score (nSPS) is 25.1. The first kappa shape index (κ1) is 13.0. The van der Waals surface area contributed by atoms with Gasteiger partial charge in [0.25, 0.3) is 0 Å². The number of aromatic nitrogens is 2. The van der Waals surface area contributed by atoms with Crippen molar-refractivity contribution in [3.63, 3.8) is 0 Å². The number of hydrogen-bond donors (Lipinski definition) is 1. The first-order valence-electron chi connectivity index (χ1n) is 6.44. The molecule has 2 atom stereocenters. The van der Waals surface area contributed by atoms with E-state index in [1.165, 1.54) is 36.9 Å². The molecule has 17 heavy (non-hydrogen) atoms. The van der Waals surface area contributed by atoms with Crippen molar-refractivity contribution >= 4 is 11.8 Å². The van der Waals surface area contributed by atoms with Crippen molar-refractivity contribution in [3.05, 3.63) is 17.5 Å². The molecule has 0 radical (unpaired) electrons. The molecule has 1 N–H and O–H groups in total. The molecule has 2 unspecified atom stereocenters. The van der Waals surface area contributed by atoms with E-state index < -0.39 is 0 Å². The van der Waals surface area contributed by atoms with E-state index in [0.717, 1.165) is 11.8 Å². The third-order valence-corrected chi connectivity index (χ3v) is 4.97. The monoisotopic (exact) mass is 253 g/mol. The summed E-state index contributed by atoms with van der Waals surface area (Å²) in [7, 11) is 2.00. The van der Waals surface area contributed by atoms with E-state index in [1.54, 1.807) is 0 Å². The van der Waals surface area contributed by atoms with Crippen LogP contribution in [-0.2, 0) is 13.6 Å². The number of nitrogens with zero attached hydrogens (tertiary/aromatic N) is 2. The van der Waals surface area contributed by atoms with E-state index in [9.17, 15) is 0 Å². The van der Waals surface area contributed by atoms with E-state index in [1.807, 2.05) is 29.7 Å². The first-order valence-corrected chi connectivity index (χ1v) is 7.73. The molecule has 0 spiro atoms. The zero-order chi connectivity index (χ0) is 12.3. The Morgan fingerprint density at radius 3 is 3.00 bits per heavy atom. The summed E-state index contributed by atoms with van der Waals surface area (Å²) in [5, 5.41) is 8.83. The fourth-order valence-electron chi connectivity index (χ4n) is 2.52. The second-order valence-corrected chi connectivity index (χ2v) is 6.12. The van der Waals surface area contributed by atoms with Crippen molar-refractivity contribution in [2.45, 2.75) is 50.4 Å². The van der Waals surface area contributed by atoms with Crippen molar-refractivity contribution < 1.29 is 0 Å². The minimum Gasteiger partial charge on any atom is -0.310 e. The highest BCUT2D eigenvalue weighted by Gasteiger charge is 2.20. The van der Waals surface area contributed by atoms with Crippen molar-refractivity contribution in [3.8, 4) is 0 Å². The molecule has 2 rings (SSSR count). The maximum atomic E-state index is 4.28. The van der Waals surface area contributed by atoms with E-state index >= 15 is 0 Å². The Kier molecular flexibility index (Phi) is 4.51. The molecule has 1 aromatic rings. The van der Waals surface area contributed by atoms with Gasteiger partial charge in [0.05, 0.1) is 6.20 Å². The number of aryl methyl sites for hydroxylation is 1. The average Bonchev–Trinajstić information content (AvgIpc) is 2.68. The molecule has 4 heteroatoms. The van der Waals surface area contributed by atoms with Crippen LogP contribution in [0.3, 0.4) is 0 Å². The van der Waals surface area contributed by atoms with Crippen LogP contribution in [0.1, 0.15) is 36.9 Å². The fourth-order valence-corrected chi connectivity index (χ4v) is 3.34. The molecular formula is C13H23N3S. The van der Waals surface area contributed by atoms with Gasteiger partial charge >= 0.3 is 0 Å². The van der Waals surface area contributed by atoms with Crippen LogP contribution in [0.5, 0.6) is 0 Å². The molecule has 1 aliphatic carbocycles. The molecule has 0 bridgehead atoms. The minimum absolute atomic E-state index is 0.695. The lowest BCUT2D eigenvalue weighted by Crippen LogP contribution is -2.34. The number of rotatable bonds is 4. The van der Waals surface area contributed by atoms with Gasteiger partial charge in [0.1, 0.15) is 0 Å². The molecule has 0 aromatic carbocycles. The van der Waals surface area contributed by atoms with Gasteiger partial charge in [-0.2, -0.15) is 16.9 Å². The summed E-state index contributed by atoms with van der Waals surface area (Å²) >= 11 is 2.02. The van der Waals surface area contributed by atoms with Crippen LogP contribution < -0.4 is 5.32 Å². The maximum absolute atomic E-state index is 4.28. The summed E-state index contributed by atoms with van der Waals surface area (Å²) < 4.78 is 1.95. The molecule has 96 valence electrons.